The molecule has 0 saturated heterocycles. The van der Waals surface area contributed by atoms with Crippen LogP contribution in [0.15, 0.2) is 0 Å². The number of ether oxygens (including phenoxy) is 2. The lowest BCUT2D eigenvalue weighted by atomic mass is 10.0. The molecule has 0 aliphatic heterocycles. The van der Waals surface area contributed by atoms with Crippen LogP contribution in [0.4, 0.5) is 4.79 Å². The van der Waals surface area contributed by atoms with Gasteiger partial charge in [-0.2, -0.15) is 5.48 Å². The number of amides is 1. The van der Waals surface area contributed by atoms with Crippen molar-refractivity contribution in [2.45, 2.75) is 51.9 Å². The molecule has 1 amide bonds. The first-order valence-corrected chi connectivity index (χ1v) is 5.42. The van der Waals surface area contributed by atoms with E-state index in [9.17, 15) is 9.59 Å². The van der Waals surface area contributed by atoms with Crippen molar-refractivity contribution in [3.05, 3.63) is 0 Å². The van der Waals surface area contributed by atoms with Crippen molar-refractivity contribution < 1.29 is 29.0 Å². The first-order chi connectivity index (χ1) is 7.99. The minimum absolute atomic E-state index is 0.692. The number of nitrogens with one attached hydrogen (secondary N) is 1. The number of carbonyl (C=O) groups is 2. The zero-order valence-electron chi connectivity index (χ0n) is 11.6. The molecule has 0 saturated carbocycles. The van der Waals surface area contributed by atoms with E-state index in [0.29, 0.717) is 0 Å². The third-order valence-corrected chi connectivity index (χ3v) is 2.04. The van der Waals surface area contributed by atoms with Crippen molar-refractivity contribution in [2.75, 3.05) is 7.11 Å². The lowest BCUT2D eigenvalue weighted by Gasteiger charge is -2.29. The van der Waals surface area contributed by atoms with E-state index in [4.69, 9.17) is 19.4 Å². The zero-order chi connectivity index (χ0) is 14.6. The summed E-state index contributed by atoms with van der Waals surface area (Å²) in [6.07, 6.45) is -2.21. The summed E-state index contributed by atoms with van der Waals surface area (Å²) in [5.41, 5.74) is 0.151. The largest absolute Gasteiger partial charge is 0.479 e. The van der Waals surface area contributed by atoms with Gasteiger partial charge in [0.15, 0.2) is 0 Å². The molecule has 0 aromatic heterocycles. The van der Waals surface area contributed by atoms with E-state index in [0.717, 1.165) is 0 Å². The van der Waals surface area contributed by atoms with Crippen molar-refractivity contribution in [3.8, 4) is 0 Å². The fourth-order valence-corrected chi connectivity index (χ4v) is 1.00. The molecule has 0 unspecified atom stereocenters. The van der Waals surface area contributed by atoms with Gasteiger partial charge in [0.2, 0.25) is 6.10 Å². The van der Waals surface area contributed by atoms with E-state index < -0.39 is 29.4 Å². The molecule has 0 aromatic rings. The Balaban J connectivity index is 4.48. The Labute approximate surface area is 106 Å². The van der Waals surface area contributed by atoms with Gasteiger partial charge in [-0.05, 0) is 34.6 Å². The molecule has 0 radical (unpaired) electrons. The summed E-state index contributed by atoms with van der Waals surface area (Å²) in [5, 5.41) is 8.99. The third kappa shape index (κ3) is 5.83. The van der Waals surface area contributed by atoms with E-state index >= 15 is 0 Å². The maximum absolute atomic E-state index is 11.3. The highest BCUT2D eigenvalue weighted by Gasteiger charge is 2.38. The molecule has 7 nitrogen and oxygen atoms in total. The molecular formula is C11H21NO6. The Morgan fingerprint density at radius 3 is 2.00 bits per heavy atom. The minimum Gasteiger partial charge on any atom is -0.479 e. The number of hydrogen-bond acceptors (Lipinski definition) is 5. The number of rotatable bonds is 5. The average Bonchev–Trinajstić information content (AvgIpc) is 2.14. The number of carboxylic acid groups (broad SMARTS) is 1. The first-order valence-electron chi connectivity index (χ1n) is 5.42. The molecule has 0 bridgehead atoms. The van der Waals surface area contributed by atoms with Crippen LogP contribution in [0, 0.1) is 0 Å². The molecular weight excluding hydrogens is 242 g/mol. The summed E-state index contributed by atoms with van der Waals surface area (Å²) in [4.78, 5) is 27.1. The van der Waals surface area contributed by atoms with Crippen LogP contribution in [0.25, 0.3) is 0 Å². The molecule has 0 heterocycles. The first kappa shape index (κ1) is 16.7. The summed E-state index contributed by atoms with van der Waals surface area (Å²) in [7, 11) is 1.35. The Morgan fingerprint density at radius 1 is 1.17 bits per heavy atom. The molecule has 2 N–H and O–H groups in total. The summed E-state index contributed by atoms with van der Waals surface area (Å²) in [6, 6.07) is 0. The second-order valence-electron chi connectivity index (χ2n) is 5.25. The van der Waals surface area contributed by atoms with Gasteiger partial charge in [0.1, 0.15) is 11.2 Å². The van der Waals surface area contributed by atoms with Gasteiger partial charge in [0, 0.05) is 7.11 Å². The second kappa shape index (κ2) is 6.01. The van der Waals surface area contributed by atoms with Crippen LogP contribution in [0.5, 0.6) is 0 Å². The minimum atomic E-state index is -1.35. The van der Waals surface area contributed by atoms with Crippen molar-refractivity contribution in [3.63, 3.8) is 0 Å². The standard InChI is InChI=1S/C11H21NO6/c1-10(2,3)17-9(15)12-18-7(8(13)14)11(4,5)16-6/h7H,1-6H3,(H,12,15)(H,13,14)/t7-/m1/s1. The molecule has 0 rings (SSSR count). The van der Waals surface area contributed by atoms with Gasteiger partial charge in [0.05, 0.1) is 0 Å². The SMILES string of the molecule is COC(C)(C)[C@H](ONC(=O)OC(C)(C)C)C(=O)O. The Bertz CT molecular complexity index is 307. The van der Waals surface area contributed by atoms with Gasteiger partial charge in [-0.15, -0.1) is 0 Å². The molecule has 18 heavy (non-hydrogen) atoms. The van der Waals surface area contributed by atoms with E-state index in [-0.39, 0.29) is 0 Å². The number of carbonyl (C=O) groups excluding carboxylic acids is 1. The van der Waals surface area contributed by atoms with Crippen LogP contribution in [0.3, 0.4) is 0 Å². The average molecular weight is 263 g/mol. The van der Waals surface area contributed by atoms with Crippen molar-refractivity contribution in [1.82, 2.24) is 5.48 Å². The highest BCUT2D eigenvalue weighted by Crippen LogP contribution is 2.16. The number of carboxylic acids is 1. The number of hydrogen-bond donors (Lipinski definition) is 2. The Hall–Kier alpha value is -1.34. The number of hydroxylamine groups is 1. The molecule has 0 aliphatic carbocycles. The molecule has 0 fully saturated rings. The molecule has 7 heteroatoms. The van der Waals surface area contributed by atoms with Crippen molar-refractivity contribution in [1.29, 1.82) is 0 Å². The normalized spacial score (nSPS) is 13.9. The quantitative estimate of drug-likeness (QED) is 0.726. The smallest absolute Gasteiger partial charge is 0.431 e. The predicted octanol–water partition coefficient (Wildman–Crippen LogP) is 1.32. The molecule has 0 aliphatic rings. The summed E-state index contributed by atoms with van der Waals surface area (Å²) in [6.45, 7) is 8.10. The fourth-order valence-electron chi connectivity index (χ4n) is 1.00. The van der Waals surface area contributed by atoms with E-state index in [1.54, 1.807) is 20.8 Å². The second-order valence-corrected chi connectivity index (χ2v) is 5.25. The van der Waals surface area contributed by atoms with Gasteiger partial charge < -0.3 is 14.6 Å². The third-order valence-electron chi connectivity index (χ3n) is 2.04. The number of methoxy groups -OCH3 is 1. The van der Waals surface area contributed by atoms with Gasteiger partial charge in [-0.25, -0.2) is 9.59 Å². The maximum Gasteiger partial charge on any atom is 0.431 e. The van der Waals surface area contributed by atoms with Crippen LogP contribution in [0.1, 0.15) is 34.6 Å². The fraction of sp³-hybridized carbons (Fsp3) is 0.818. The highest BCUT2D eigenvalue weighted by molar-refractivity contribution is 5.74. The van der Waals surface area contributed by atoms with Gasteiger partial charge in [-0.3, -0.25) is 4.84 Å². The maximum atomic E-state index is 11.3. The van der Waals surface area contributed by atoms with Crippen molar-refractivity contribution in [2.24, 2.45) is 0 Å². The van der Waals surface area contributed by atoms with Crippen LogP contribution < -0.4 is 5.48 Å². The van der Waals surface area contributed by atoms with Gasteiger partial charge >= 0.3 is 12.1 Å². The monoisotopic (exact) mass is 263 g/mol. The molecule has 106 valence electrons. The molecule has 0 aromatic carbocycles. The summed E-state index contributed by atoms with van der Waals surface area (Å²) >= 11 is 0. The Morgan fingerprint density at radius 2 is 1.67 bits per heavy atom. The topological polar surface area (TPSA) is 94.1 Å². The van der Waals surface area contributed by atoms with Crippen LogP contribution in [-0.2, 0) is 19.1 Å². The summed E-state index contributed by atoms with van der Waals surface area (Å²) < 4.78 is 9.90. The van der Waals surface area contributed by atoms with E-state index in [2.05, 4.69) is 0 Å². The Kier molecular flexibility index (Phi) is 5.56. The predicted molar refractivity (Wildman–Crippen MR) is 63.0 cm³/mol. The van der Waals surface area contributed by atoms with Crippen LogP contribution >= 0.6 is 0 Å². The highest BCUT2D eigenvalue weighted by atomic mass is 16.7. The molecule has 0 spiro atoms. The lowest BCUT2D eigenvalue weighted by molar-refractivity contribution is -0.180. The van der Waals surface area contributed by atoms with Crippen LogP contribution in [-0.4, -0.2) is 41.6 Å². The lowest BCUT2D eigenvalue weighted by Crippen LogP contribution is -2.49. The zero-order valence-corrected chi connectivity index (χ0v) is 11.6. The van der Waals surface area contributed by atoms with Crippen molar-refractivity contribution >= 4 is 12.1 Å². The number of aliphatic carboxylic acids is 1. The van der Waals surface area contributed by atoms with Crippen LogP contribution in [0.2, 0.25) is 0 Å². The van der Waals surface area contributed by atoms with Gasteiger partial charge in [0.25, 0.3) is 0 Å². The summed E-state index contributed by atoms with van der Waals surface area (Å²) in [5.74, 6) is -1.25. The molecule has 1 atom stereocenters. The van der Waals surface area contributed by atoms with Gasteiger partial charge in [-0.1, -0.05) is 0 Å². The van der Waals surface area contributed by atoms with E-state index in [1.165, 1.54) is 21.0 Å². The van der Waals surface area contributed by atoms with E-state index in [1.807, 2.05) is 5.48 Å².